The lowest BCUT2D eigenvalue weighted by Crippen LogP contribution is -2.30. The van der Waals surface area contributed by atoms with Crippen molar-refractivity contribution >= 4 is 11.9 Å². The third-order valence-electron chi connectivity index (χ3n) is 1.48. The average molecular weight is 214 g/mol. The van der Waals surface area contributed by atoms with E-state index in [0.717, 1.165) is 0 Å². The molecule has 0 rings (SSSR count). The lowest BCUT2D eigenvalue weighted by Gasteiger charge is -2.01. The number of amides is 1. The van der Waals surface area contributed by atoms with E-state index < -0.39 is 0 Å². The summed E-state index contributed by atoms with van der Waals surface area (Å²) in [6.45, 7) is 5.46. The molecule has 2 N–H and O–H groups in total. The lowest BCUT2D eigenvalue weighted by molar-refractivity contribution is -0.137. The molecule has 0 fully saturated rings. The van der Waals surface area contributed by atoms with Crippen LogP contribution in [0.2, 0.25) is 0 Å². The van der Waals surface area contributed by atoms with Gasteiger partial charge in [0.2, 0.25) is 5.91 Å². The van der Waals surface area contributed by atoms with Crippen LogP contribution in [0.1, 0.15) is 13.8 Å². The number of esters is 1. The molecular formula is C10H18N2O3. The predicted octanol–water partition coefficient (Wildman–Crippen LogP) is -0.169. The van der Waals surface area contributed by atoms with Crippen molar-refractivity contribution in [1.82, 2.24) is 10.6 Å². The first-order chi connectivity index (χ1) is 7.16. The normalized spacial score (nSPS) is 10.3. The van der Waals surface area contributed by atoms with Crippen LogP contribution < -0.4 is 10.6 Å². The van der Waals surface area contributed by atoms with Gasteiger partial charge in [0.05, 0.1) is 6.61 Å². The van der Waals surface area contributed by atoms with E-state index in [1.54, 1.807) is 13.0 Å². The van der Waals surface area contributed by atoms with Crippen LogP contribution in [-0.2, 0) is 14.3 Å². The third kappa shape index (κ3) is 10.6. The first-order valence-corrected chi connectivity index (χ1v) is 4.95. The highest BCUT2D eigenvalue weighted by Gasteiger charge is 1.92. The van der Waals surface area contributed by atoms with Crippen molar-refractivity contribution in [3.05, 3.63) is 12.2 Å². The second-order valence-corrected chi connectivity index (χ2v) is 2.84. The Bertz CT molecular complexity index is 227. The van der Waals surface area contributed by atoms with Gasteiger partial charge in [0.25, 0.3) is 0 Å². The van der Waals surface area contributed by atoms with Gasteiger partial charge >= 0.3 is 5.97 Å². The van der Waals surface area contributed by atoms with Crippen LogP contribution in [0.15, 0.2) is 12.2 Å². The number of carbonyl (C=O) groups excluding carboxylic acids is 2. The van der Waals surface area contributed by atoms with E-state index in [2.05, 4.69) is 10.6 Å². The highest BCUT2D eigenvalue weighted by Crippen LogP contribution is 1.79. The van der Waals surface area contributed by atoms with Gasteiger partial charge in [-0.2, -0.15) is 0 Å². The molecule has 86 valence electrons. The second-order valence-electron chi connectivity index (χ2n) is 2.84. The Morgan fingerprint density at radius 2 is 2.07 bits per heavy atom. The maximum Gasteiger partial charge on any atom is 0.330 e. The van der Waals surface area contributed by atoms with Gasteiger partial charge in [0.15, 0.2) is 0 Å². The summed E-state index contributed by atoms with van der Waals surface area (Å²) in [5.41, 5.74) is 0. The van der Waals surface area contributed by atoms with Gasteiger partial charge in [0, 0.05) is 32.6 Å². The highest BCUT2D eigenvalue weighted by molar-refractivity contribution is 5.81. The average Bonchev–Trinajstić information content (AvgIpc) is 2.16. The molecule has 5 heteroatoms. The van der Waals surface area contributed by atoms with E-state index in [0.29, 0.717) is 26.2 Å². The number of carbonyl (C=O) groups is 2. The molecule has 5 nitrogen and oxygen atoms in total. The second kappa shape index (κ2) is 9.21. The summed E-state index contributed by atoms with van der Waals surface area (Å²) in [6.07, 6.45) is 3.07. The van der Waals surface area contributed by atoms with Crippen molar-refractivity contribution in [2.45, 2.75) is 13.8 Å². The predicted molar refractivity (Wildman–Crippen MR) is 57.3 cm³/mol. The van der Waals surface area contributed by atoms with Crippen LogP contribution in [0, 0.1) is 0 Å². The fourth-order valence-electron chi connectivity index (χ4n) is 0.858. The third-order valence-corrected chi connectivity index (χ3v) is 1.48. The molecule has 0 bridgehead atoms. The van der Waals surface area contributed by atoms with E-state index >= 15 is 0 Å². The van der Waals surface area contributed by atoms with Gasteiger partial charge in [-0.1, -0.05) is 6.08 Å². The van der Waals surface area contributed by atoms with Gasteiger partial charge in [0.1, 0.15) is 0 Å². The van der Waals surface area contributed by atoms with Crippen LogP contribution >= 0.6 is 0 Å². The molecule has 0 radical (unpaired) electrons. The summed E-state index contributed by atoms with van der Waals surface area (Å²) in [7, 11) is 0. The van der Waals surface area contributed by atoms with Crippen molar-refractivity contribution < 1.29 is 14.3 Å². The van der Waals surface area contributed by atoms with Crippen molar-refractivity contribution in [1.29, 1.82) is 0 Å². The Labute approximate surface area is 89.9 Å². The number of hydrogen-bond acceptors (Lipinski definition) is 4. The van der Waals surface area contributed by atoms with E-state index in [9.17, 15) is 9.59 Å². The molecule has 1 amide bonds. The van der Waals surface area contributed by atoms with Gasteiger partial charge in [-0.25, -0.2) is 4.79 Å². The van der Waals surface area contributed by atoms with Gasteiger partial charge in [-0.05, 0) is 6.92 Å². The summed E-state index contributed by atoms with van der Waals surface area (Å²) in [6, 6.07) is 0. The van der Waals surface area contributed by atoms with E-state index in [1.807, 2.05) is 0 Å². The minimum atomic E-state index is -0.332. The molecule has 0 aromatic heterocycles. The van der Waals surface area contributed by atoms with E-state index in [4.69, 9.17) is 4.74 Å². The summed E-state index contributed by atoms with van der Waals surface area (Å²) in [5.74, 6) is -0.375. The number of ether oxygens (including phenoxy) is 1. The zero-order valence-electron chi connectivity index (χ0n) is 9.21. The molecular weight excluding hydrogens is 196 g/mol. The largest absolute Gasteiger partial charge is 0.463 e. The molecule has 0 aromatic carbocycles. The molecule has 0 aliphatic rings. The van der Waals surface area contributed by atoms with Gasteiger partial charge in [-0.15, -0.1) is 0 Å². The number of nitrogens with one attached hydrogen (secondary N) is 2. The maximum atomic E-state index is 10.8. The number of rotatable bonds is 7. The van der Waals surface area contributed by atoms with Crippen LogP contribution in [-0.4, -0.2) is 38.1 Å². The van der Waals surface area contributed by atoms with Crippen molar-refractivity contribution in [2.75, 3.05) is 26.2 Å². The molecule has 0 spiro atoms. The Kier molecular flexibility index (Phi) is 8.37. The molecule has 15 heavy (non-hydrogen) atoms. The Morgan fingerprint density at radius 3 is 2.67 bits per heavy atom. The molecule has 0 atom stereocenters. The minimum Gasteiger partial charge on any atom is -0.463 e. The fraction of sp³-hybridized carbons (Fsp3) is 0.600. The summed E-state index contributed by atoms with van der Waals surface area (Å²) in [5, 5.41) is 5.68. The summed E-state index contributed by atoms with van der Waals surface area (Å²) >= 11 is 0. The molecule has 0 aliphatic heterocycles. The molecule has 0 aliphatic carbocycles. The molecule has 0 saturated carbocycles. The zero-order chi connectivity index (χ0) is 11.5. The van der Waals surface area contributed by atoms with Crippen LogP contribution in [0.4, 0.5) is 0 Å². The first kappa shape index (κ1) is 13.6. The highest BCUT2D eigenvalue weighted by atomic mass is 16.5. The number of hydrogen-bond donors (Lipinski definition) is 2. The molecule has 0 aromatic rings. The molecule has 0 heterocycles. The summed E-state index contributed by atoms with van der Waals surface area (Å²) in [4.78, 5) is 21.3. The Balaban J connectivity index is 3.30. The smallest absolute Gasteiger partial charge is 0.330 e. The fourth-order valence-corrected chi connectivity index (χ4v) is 0.858. The molecule has 0 saturated heterocycles. The SMILES string of the molecule is CCOC(=O)/C=C/CNCCNC(C)=O. The Morgan fingerprint density at radius 1 is 1.33 bits per heavy atom. The first-order valence-electron chi connectivity index (χ1n) is 4.95. The van der Waals surface area contributed by atoms with Gasteiger partial charge in [-0.3, -0.25) is 4.79 Å². The quantitative estimate of drug-likeness (QED) is 0.351. The Hall–Kier alpha value is -1.36. The lowest BCUT2D eigenvalue weighted by atomic mass is 10.4. The van der Waals surface area contributed by atoms with E-state index in [1.165, 1.54) is 13.0 Å². The van der Waals surface area contributed by atoms with Crippen molar-refractivity contribution in [2.24, 2.45) is 0 Å². The topological polar surface area (TPSA) is 67.4 Å². The van der Waals surface area contributed by atoms with Crippen molar-refractivity contribution in [3.63, 3.8) is 0 Å². The van der Waals surface area contributed by atoms with Crippen LogP contribution in [0.25, 0.3) is 0 Å². The zero-order valence-corrected chi connectivity index (χ0v) is 9.21. The van der Waals surface area contributed by atoms with Crippen molar-refractivity contribution in [3.8, 4) is 0 Å². The summed E-state index contributed by atoms with van der Waals surface area (Å²) < 4.78 is 4.69. The monoisotopic (exact) mass is 214 g/mol. The maximum absolute atomic E-state index is 10.8. The molecule has 0 unspecified atom stereocenters. The van der Waals surface area contributed by atoms with Crippen LogP contribution in [0.3, 0.4) is 0 Å². The van der Waals surface area contributed by atoms with E-state index in [-0.39, 0.29) is 11.9 Å². The minimum absolute atomic E-state index is 0.0427. The standard InChI is InChI=1S/C10H18N2O3/c1-3-15-10(14)5-4-6-11-7-8-12-9(2)13/h4-5,11H,3,6-8H2,1-2H3,(H,12,13)/b5-4+. The van der Waals surface area contributed by atoms with Crippen LogP contribution in [0.5, 0.6) is 0 Å². The van der Waals surface area contributed by atoms with Gasteiger partial charge < -0.3 is 15.4 Å².